The fourth-order valence-electron chi connectivity index (χ4n) is 2.08. The largest absolute Gasteiger partial charge is 0.487 e. The van der Waals surface area contributed by atoms with Crippen molar-refractivity contribution in [2.24, 2.45) is 0 Å². The van der Waals surface area contributed by atoms with Crippen molar-refractivity contribution >= 4 is 51.9 Å². The summed E-state index contributed by atoms with van der Waals surface area (Å²) in [6.45, 7) is 0.213. The number of thioether (sulfide) groups is 1. The number of amides is 1. The van der Waals surface area contributed by atoms with Gasteiger partial charge in [0.1, 0.15) is 22.5 Å². The summed E-state index contributed by atoms with van der Waals surface area (Å²) >= 11 is 12.4. The van der Waals surface area contributed by atoms with Crippen molar-refractivity contribution < 1.29 is 13.9 Å². The Morgan fingerprint density at radius 1 is 1.29 bits per heavy atom. The quantitative estimate of drug-likeness (QED) is 0.625. The summed E-state index contributed by atoms with van der Waals surface area (Å²) in [4.78, 5) is 12.2. The van der Waals surface area contributed by atoms with Gasteiger partial charge in [0, 0.05) is 0 Å². The van der Waals surface area contributed by atoms with Crippen molar-refractivity contribution in [3.8, 4) is 5.75 Å². The van der Waals surface area contributed by atoms with Crippen LogP contribution in [0.15, 0.2) is 47.4 Å². The van der Waals surface area contributed by atoms with E-state index in [0.717, 1.165) is 5.56 Å². The number of benzene rings is 2. The third kappa shape index (κ3) is 4.14. The lowest BCUT2D eigenvalue weighted by Gasteiger charge is -2.09. The lowest BCUT2D eigenvalue weighted by Crippen LogP contribution is -2.17. The average molecular weight is 380 g/mol. The van der Waals surface area contributed by atoms with E-state index in [1.54, 1.807) is 36.4 Å². The van der Waals surface area contributed by atoms with Crippen LogP contribution in [-0.4, -0.2) is 10.2 Å². The van der Waals surface area contributed by atoms with Crippen LogP contribution in [0.2, 0.25) is 5.02 Å². The first-order chi connectivity index (χ1) is 11.5. The van der Waals surface area contributed by atoms with Gasteiger partial charge in [-0.15, -0.1) is 0 Å². The molecule has 1 aliphatic rings. The number of hydrogen-bond acceptors (Lipinski definition) is 4. The van der Waals surface area contributed by atoms with E-state index < -0.39 is 0 Å². The van der Waals surface area contributed by atoms with E-state index in [9.17, 15) is 9.18 Å². The molecule has 24 heavy (non-hydrogen) atoms. The molecule has 0 aromatic heterocycles. The second-order valence-electron chi connectivity index (χ2n) is 4.96. The van der Waals surface area contributed by atoms with Gasteiger partial charge in [-0.25, -0.2) is 4.39 Å². The molecule has 0 aliphatic carbocycles. The van der Waals surface area contributed by atoms with Gasteiger partial charge in [0.25, 0.3) is 5.91 Å². The molecule has 1 N–H and O–H groups in total. The summed E-state index contributed by atoms with van der Waals surface area (Å²) < 4.78 is 19.2. The van der Waals surface area contributed by atoms with Crippen LogP contribution in [0.4, 0.5) is 4.39 Å². The van der Waals surface area contributed by atoms with E-state index in [2.05, 4.69) is 5.32 Å². The zero-order valence-electron chi connectivity index (χ0n) is 12.2. The fourth-order valence-corrected chi connectivity index (χ4v) is 3.37. The average Bonchev–Trinajstić information content (AvgIpc) is 2.84. The van der Waals surface area contributed by atoms with Crippen LogP contribution < -0.4 is 10.1 Å². The van der Waals surface area contributed by atoms with Crippen LogP contribution in [0.3, 0.4) is 0 Å². The number of thiocarbonyl (C=S) groups is 1. The zero-order chi connectivity index (χ0) is 17.1. The lowest BCUT2D eigenvalue weighted by atomic mass is 10.2. The van der Waals surface area contributed by atoms with Gasteiger partial charge in [-0.2, -0.15) is 0 Å². The molecule has 122 valence electrons. The minimum Gasteiger partial charge on any atom is -0.487 e. The molecule has 2 aromatic carbocycles. The number of nitrogens with one attached hydrogen (secondary N) is 1. The molecule has 1 heterocycles. The van der Waals surface area contributed by atoms with Crippen LogP contribution in [0, 0.1) is 5.82 Å². The molecule has 0 radical (unpaired) electrons. The van der Waals surface area contributed by atoms with Crippen LogP contribution in [0.5, 0.6) is 5.75 Å². The first-order valence-electron chi connectivity index (χ1n) is 6.93. The molecule has 3 rings (SSSR count). The van der Waals surface area contributed by atoms with Gasteiger partial charge in [-0.05, 0) is 41.5 Å². The minimum atomic E-state index is -0.311. The van der Waals surface area contributed by atoms with Crippen LogP contribution >= 0.6 is 35.6 Å². The number of halogens is 2. The Morgan fingerprint density at radius 3 is 2.79 bits per heavy atom. The second kappa shape index (κ2) is 7.34. The van der Waals surface area contributed by atoms with Gasteiger partial charge in [0.2, 0.25) is 0 Å². The van der Waals surface area contributed by atoms with E-state index in [4.69, 9.17) is 28.6 Å². The van der Waals surface area contributed by atoms with E-state index in [1.807, 2.05) is 0 Å². The number of hydrogen-bond donors (Lipinski definition) is 1. The fraction of sp³-hybridized carbons (Fsp3) is 0.0588. The third-order valence-electron chi connectivity index (χ3n) is 3.18. The molecule has 0 bridgehead atoms. The highest BCUT2D eigenvalue weighted by molar-refractivity contribution is 8.26. The summed E-state index contributed by atoms with van der Waals surface area (Å²) in [6.07, 6.45) is 1.71. The summed E-state index contributed by atoms with van der Waals surface area (Å²) in [7, 11) is 0. The third-order valence-corrected chi connectivity index (χ3v) is 4.64. The lowest BCUT2D eigenvalue weighted by molar-refractivity contribution is -0.115. The van der Waals surface area contributed by atoms with Gasteiger partial charge < -0.3 is 10.1 Å². The molecule has 1 saturated heterocycles. The first-order valence-corrected chi connectivity index (χ1v) is 8.53. The Kier molecular flexibility index (Phi) is 5.18. The molecule has 3 nitrogen and oxygen atoms in total. The summed E-state index contributed by atoms with van der Waals surface area (Å²) in [5.41, 5.74) is 1.48. The van der Waals surface area contributed by atoms with Crippen molar-refractivity contribution in [1.29, 1.82) is 0 Å². The summed E-state index contributed by atoms with van der Waals surface area (Å²) in [5, 5.41) is 2.96. The molecule has 1 aliphatic heterocycles. The van der Waals surface area contributed by atoms with Gasteiger partial charge in [-0.3, -0.25) is 4.79 Å². The van der Waals surface area contributed by atoms with Crippen molar-refractivity contribution in [2.45, 2.75) is 6.61 Å². The van der Waals surface area contributed by atoms with Crippen LogP contribution in [-0.2, 0) is 11.4 Å². The van der Waals surface area contributed by atoms with Crippen LogP contribution in [0.1, 0.15) is 11.1 Å². The molecule has 0 atom stereocenters. The van der Waals surface area contributed by atoms with Gasteiger partial charge in [0.15, 0.2) is 0 Å². The predicted octanol–water partition coefficient (Wildman–Crippen LogP) is 4.55. The Labute approximate surface area is 152 Å². The highest BCUT2D eigenvalue weighted by atomic mass is 35.5. The molecular formula is C17H11ClFNO2S2. The number of carbonyl (C=O) groups excluding carboxylic acids is 1. The van der Waals surface area contributed by atoms with E-state index in [-0.39, 0.29) is 18.3 Å². The Bertz CT molecular complexity index is 854. The standard InChI is InChI=1S/C17H11ClFNO2S2/c18-13-7-10(8-15-16(21)20-17(23)24-15)4-5-14(13)22-9-11-2-1-3-12(19)6-11/h1-8H,9H2,(H,20,21,23)/b15-8-. The van der Waals surface area contributed by atoms with Gasteiger partial charge in [0.05, 0.1) is 9.93 Å². The smallest absolute Gasteiger partial charge is 0.263 e. The molecule has 1 fully saturated rings. The Hall–Kier alpha value is -1.89. The maximum atomic E-state index is 13.1. The van der Waals surface area contributed by atoms with Crippen molar-refractivity contribution in [3.63, 3.8) is 0 Å². The zero-order valence-corrected chi connectivity index (χ0v) is 14.6. The van der Waals surface area contributed by atoms with Crippen molar-refractivity contribution in [3.05, 3.63) is 69.3 Å². The minimum absolute atomic E-state index is 0.213. The normalized spacial score (nSPS) is 15.7. The van der Waals surface area contributed by atoms with Crippen molar-refractivity contribution in [2.75, 3.05) is 0 Å². The molecule has 0 unspecified atom stereocenters. The Balaban J connectivity index is 1.72. The van der Waals surface area contributed by atoms with Crippen molar-refractivity contribution in [1.82, 2.24) is 5.32 Å². The molecule has 7 heteroatoms. The SMILES string of the molecule is O=C1NC(=S)S/C1=C\c1ccc(OCc2cccc(F)c2)c(Cl)c1. The molecule has 2 aromatic rings. The maximum absolute atomic E-state index is 13.1. The topological polar surface area (TPSA) is 38.3 Å². The van der Waals surface area contributed by atoms with Crippen LogP contribution in [0.25, 0.3) is 6.08 Å². The molecule has 0 spiro atoms. The molecule has 0 saturated carbocycles. The van der Waals surface area contributed by atoms with Gasteiger partial charge in [-0.1, -0.05) is 53.8 Å². The highest BCUT2D eigenvalue weighted by Crippen LogP contribution is 2.30. The highest BCUT2D eigenvalue weighted by Gasteiger charge is 2.22. The Morgan fingerprint density at radius 2 is 2.12 bits per heavy atom. The number of carbonyl (C=O) groups is 1. The van der Waals surface area contributed by atoms with Gasteiger partial charge >= 0.3 is 0 Å². The monoisotopic (exact) mass is 379 g/mol. The first kappa shape index (κ1) is 17.0. The summed E-state index contributed by atoms with van der Waals surface area (Å²) in [6, 6.07) is 11.4. The van der Waals surface area contributed by atoms with E-state index in [0.29, 0.717) is 25.6 Å². The second-order valence-corrected chi connectivity index (χ2v) is 7.09. The number of rotatable bonds is 4. The van der Waals surface area contributed by atoms with E-state index >= 15 is 0 Å². The molecular weight excluding hydrogens is 369 g/mol. The van der Waals surface area contributed by atoms with E-state index in [1.165, 1.54) is 23.9 Å². The number of ether oxygens (including phenoxy) is 1. The summed E-state index contributed by atoms with van der Waals surface area (Å²) in [5.74, 6) is -0.0379. The molecule has 1 amide bonds. The predicted molar refractivity (Wildman–Crippen MR) is 98.5 cm³/mol. The maximum Gasteiger partial charge on any atom is 0.263 e.